The molecule has 2 aromatic rings. The minimum Gasteiger partial charge on any atom is -0.348 e. The smallest absolute Gasteiger partial charge is 0.227 e. The number of amides is 1. The van der Waals surface area contributed by atoms with Crippen LogP contribution in [0.3, 0.4) is 0 Å². The number of nitrogens with one attached hydrogen (secondary N) is 1. The van der Waals surface area contributed by atoms with Crippen molar-refractivity contribution in [1.82, 2.24) is 25.0 Å². The highest BCUT2D eigenvalue weighted by atomic mass is 16.2. The lowest BCUT2D eigenvalue weighted by atomic mass is 9.81. The number of hydrogen-bond acceptors (Lipinski definition) is 4. The number of aromatic nitrogens is 3. The summed E-state index contributed by atoms with van der Waals surface area (Å²) < 4.78 is 2.02. The zero-order chi connectivity index (χ0) is 18.4. The molecule has 1 atom stereocenters. The fourth-order valence-electron chi connectivity index (χ4n) is 3.67. The molecule has 0 spiro atoms. The summed E-state index contributed by atoms with van der Waals surface area (Å²) in [5.74, 6) is 0.925. The number of aryl methyl sites for hydroxylation is 2. The second-order valence-corrected chi connectivity index (χ2v) is 7.39. The maximum absolute atomic E-state index is 12.8. The van der Waals surface area contributed by atoms with Crippen molar-refractivity contribution >= 4 is 5.91 Å². The summed E-state index contributed by atoms with van der Waals surface area (Å²) in [5.41, 5.74) is 0.967. The van der Waals surface area contributed by atoms with Crippen molar-refractivity contribution in [2.24, 2.45) is 5.41 Å². The highest BCUT2D eigenvalue weighted by Crippen LogP contribution is 2.29. The van der Waals surface area contributed by atoms with E-state index >= 15 is 0 Å². The second-order valence-electron chi connectivity index (χ2n) is 7.39. The van der Waals surface area contributed by atoms with Gasteiger partial charge in [-0.1, -0.05) is 37.3 Å². The van der Waals surface area contributed by atoms with Crippen molar-refractivity contribution in [3.63, 3.8) is 0 Å². The first-order valence-corrected chi connectivity index (χ1v) is 9.52. The monoisotopic (exact) mass is 355 g/mol. The second kappa shape index (κ2) is 8.45. The van der Waals surface area contributed by atoms with Gasteiger partial charge >= 0.3 is 0 Å². The lowest BCUT2D eigenvalue weighted by Gasteiger charge is -2.38. The van der Waals surface area contributed by atoms with Crippen LogP contribution < -0.4 is 5.32 Å². The van der Waals surface area contributed by atoms with Crippen molar-refractivity contribution in [3.05, 3.63) is 48.0 Å². The summed E-state index contributed by atoms with van der Waals surface area (Å²) in [6.45, 7) is 8.38. The van der Waals surface area contributed by atoms with Gasteiger partial charge in [0, 0.05) is 13.1 Å². The first-order chi connectivity index (χ1) is 12.6. The zero-order valence-corrected chi connectivity index (χ0v) is 15.8. The van der Waals surface area contributed by atoms with Gasteiger partial charge in [-0.25, -0.2) is 0 Å². The van der Waals surface area contributed by atoms with Crippen molar-refractivity contribution < 1.29 is 4.79 Å². The van der Waals surface area contributed by atoms with Crippen LogP contribution in [0.25, 0.3) is 0 Å². The van der Waals surface area contributed by atoms with E-state index in [4.69, 9.17) is 0 Å². The summed E-state index contributed by atoms with van der Waals surface area (Å²) in [5, 5.41) is 11.3. The predicted octanol–water partition coefficient (Wildman–Crippen LogP) is 2.26. The number of carbonyl (C=O) groups is 1. The Kier molecular flexibility index (Phi) is 6.04. The number of rotatable bonds is 7. The molecule has 1 fully saturated rings. The Hall–Kier alpha value is -2.21. The van der Waals surface area contributed by atoms with Gasteiger partial charge in [-0.3, -0.25) is 4.79 Å². The molecular formula is C20H29N5O. The summed E-state index contributed by atoms with van der Waals surface area (Å²) in [7, 11) is 0. The van der Waals surface area contributed by atoms with Gasteiger partial charge in [0.15, 0.2) is 5.82 Å². The Bertz CT molecular complexity index is 714. The average molecular weight is 355 g/mol. The maximum atomic E-state index is 12.8. The van der Waals surface area contributed by atoms with Crippen LogP contribution in [0.1, 0.15) is 38.1 Å². The van der Waals surface area contributed by atoms with E-state index in [0.29, 0.717) is 6.54 Å². The lowest BCUT2D eigenvalue weighted by Crippen LogP contribution is -2.50. The fraction of sp³-hybridized carbons (Fsp3) is 0.550. The third-order valence-electron chi connectivity index (χ3n) is 5.36. The number of nitrogens with zero attached hydrogens (tertiary/aromatic N) is 4. The number of piperidine rings is 1. The molecule has 1 unspecified atom stereocenters. The van der Waals surface area contributed by atoms with E-state index in [1.165, 1.54) is 5.56 Å². The molecule has 26 heavy (non-hydrogen) atoms. The standard InChI is InChI=1S/C20H29N5O/c1-3-24-12-7-11-20(2,15-24)19(26)21-14-18-23-22-16-25(18)13-10-17-8-5-4-6-9-17/h4-6,8-9,16H,3,7,10-15H2,1-2H3,(H,21,26). The molecule has 6 heteroatoms. The summed E-state index contributed by atoms with van der Waals surface area (Å²) in [4.78, 5) is 15.1. The van der Waals surface area contributed by atoms with E-state index in [0.717, 1.165) is 51.3 Å². The third kappa shape index (κ3) is 4.49. The Labute approximate surface area is 155 Å². The van der Waals surface area contributed by atoms with Gasteiger partial charge < -0.3 is 14.8 Å². The van der Waals surface area contributed by atoms with Gasteiger partial charge in [0.1, 0.15) is 6.33 Å². The van der Waals surface area contributed by atoms with Crippen LogP contribution >= 0.6 is 0 Å². The van der Waals surface area contributed by atoms with Crippen LogP contribution in [0.15, 0.2) is 36.7 Å². The third-order valence-corrected chi connectivity index (χ3v) is 5.36. The topological polar surface area (TPSA) is 63.1 Å². The van der Waals surface area contributed by atoms with E-state index in [2.05, 4.69) is 46.4 Å². The van der Waals surface area contributed by atoms with Crippen LogP contribution in [0.2, 0.25) is 0 Å². The molecule has 0 aliphatic carbocycles. The Morgan fingerprint density at radius 2 is 2.12 bits per heavy atom. The van der Waals surface area contributed by atoms with Crippen LogP contribution in [-0.2, 0) is 24.3 Å². The molecule has 1 aliphatic heterocycles. The molecule has 1 aromatic heterocycles. The normalized spacial score (nSPS) is 20.8. The molecule has 0 saturated carbocycles. The van der Waals surface area contributed by atoms with Crippen molar-refractivity contribution in [2.45, 2.75) is 46.2 Å². The molecule has 1 amide bonds. The zero-order valence-electron chi connectivity index (χ0n) is 15.8. The highest BCUT2D eigenvalue weighted by Gasteiger charge is 2.37. The first-order valence-electron chi connectivity index (χ1n) is 9.52. The molecule has 0 radical (unpaired) electrons. The van der Waals surface area contributed by atoms with Gasteiger partial charge in [0.25, 0.3) is 0 Å². The molecular weight excluding hydrogens is 326 g/mol. The largest absolute Gasteiger partial charge is 0.348 e. The van der Waals surface area contributed by atoms with Gasteiger partial charge in [0.05, 0.1) is 12.0 Å². The average Bonchev–Trinajstić information content (AvgIpc) is 3.12. The first kappa shape index (κ1) is 18.6. The van der Waals surface area contributed by atoms with E-state index in [1.807, 2.05) is 22.8 Å². The molecule has 2 heterocycles. The van der Waals surface area contributed by atoms with Gasteiger partial charge in [-0.05, 0) is 44.8 Å². The van der Waals surface area contributed by atoms with Crippen LogP contribution in [0.4, 0.5) is 0 Å². The van der Waals surface area contributed by atoms with Crippen LogP contribution in [0.5, 0.6) is 0 Å². The molecule has 140 valence electrons. The Balaban J connectivity index is 1.55. The Morgan fingerprint density at radius 3 is 2.88 bits per heavy atom. The summed E-state index contributed by atoms with van der Waals surface area (Å²) in [6.07, 6.45) is 4.68. The number of benzene rings is 1. The summed E-state index contributed by atoms with van der Waals surface area (Å²) >= 11 is 0. The van der Waals surface area contributed by atoms with Crippen molar-refractivity contribution in [3.8, 4) is 0 Å². The van der Waals surface area contributed by atoms with E-state index < -0.39 is 0 Å². The number of hydrogen-bond donors (Lipinski definition) is 1. The number of likely N-dealkylation sites (tertiary alicyclic amines) is 1. The molecule has 1 aromatic carbocycles. The number of carbonyl (C=O) groups excluding carboxylic acids is 1. The quantitative estimate of drug-likeness (QED) is 0.827. The van der Waals surface area contributed by atoms with Crippen LogP contribution in [-0.4, -0.2) is 45.2 Å². The van der Waals surface area contributed by atoms with Gasteiger partial charge in [0.2, 0.25) is 5.91 Å². The molecule has 1 aliphatic rings. The molecule has 1 saturated heterocycles. The van der Waals surface area contributed by atoms with Gasteiger partial charge in [-0.2, -0.15) is 0 Å². The maximum Gasteiger partial charge on any atom is 0.227 e. The molecule has 0 bridgehead atoms. The van der Waals surface area contributed by atoms with E-state index in [1.54, 1.807) is 6.33 Å². The highest BCUT2D eigenvalue weighted by molar-refractivity contribution is 5.82. The SMILES string of the molecule is CCN1CCCC(C)(C(=O)NCc2nncn2CCc2ccccc2)C1. The minimum atomic E-state index is -0.316. The fourth-order valence-corrected chi connectivity index (χ4v) is 3.67. The molecule has 6 nitrogen and oxygen atoms in total. The lowest BCUT2D eigenvalue weighted by molar-refractivity contribution is -0.133. The summed E-state index contributed by atoms with van der Waals surface area (Å²) in [6, 6.07) is 10.4. The van der Waals surface area contributed by atoms with E-state index in [9.17, 15) is 4.79 Å². The minimum absolute atomic E-state index is 0.119. The molecule has 1 N–H and O–H groups in total. The van der Waals surface area contributed by atoms with E-state index in [-0.39, 0.29) is 11.3 Å². The van der Waals surface area contributed by atoms with Gasteiger partial charge in [-0.15, -0.1) is 10.2 Å². The predicted molar refractivity (Wildman–Crippen MR) is 101 cm³/mol. The van der Waals surface area contributed by atoms with Crippen molar-refractivity contribution in [2.75, 3.05) is 19.6 Å². The van der Waals surface area contributed by atoms with Crippen LogP contribution in [0, 0.1) is 5.41 Å². The van der Waals surface area contributed by atoms with Crippen molar-refractivity contribution in [1.29, 1.82) is 0 Å². The Morgan fingerprint density at radius 1 is 1.31 bits per heavy atom. The molecule has 3 rings (SSSR count).